The van der Waals surface area contributed by atoms with Gasteiger partial charge in [-0.1, -0.05) is 18.2 Å². The van der Waals surface area contributed by atoms with Crippen LogP contribution in [0, 0.1) is 0 Å². The normalized spacial score (nSPS) is 13.3. The number of benzene rings is 1. The predicted octanol–water partition coefficient (Wildman–Crippen LogP) is 1.81. The molecule has 21 heavy (non-hydrogen) atoms. The highest BCUT2D eigenvalue weighted by molar-refractivity contribution is 7.09. The van der Waals surface area contributed by atoms with E-state index >= 15 is 0 Å². The minimum absolute atomic E-state index is 0.0123. The minimum Gasteiger partial charge on any atom is -0.350 e. The average Bonchev–Trinajstić information content (AvgIpc) is 3.12. The predicted molar refractivity (Wildman–Crippen MR) is 79.8 cm³/mol. The fourth-order valence-electron chi connectivity index (χ4n) is 2.33. The minimum atomic E-state index is -0.0612. The number of carbonyl (C=O) groups excluding carboxylic acids is 2. The standard InChI is InChI=1S/C15H15N3O2S/c19-13(17-9-14-16-6-8-21-14)5-7-18-10-11-3-1-2-4-12(11)15(18)20/h1-4,6,8H,5,7,9-10H2,(H,17,19). The summed E-state index contributed by atoms with van der Waals surface area (Å²) >= 11 is 1.51. The Morgan fingerprint density at radius 3 is 3.00 bits per heavy atom. The molecule has 1 aliphatic heterocycles. The number of aromatic nitrogens is 1. The van der Waals surface area contributed by atoms with Crippen molar-refractivity contribution in [1.29, 1.82) is 0 Å². The molecule has 0 unspecified atom stereocenters. The quantitative estimate of drug-likeness (QED) is 0.916. The van der Waals surface area contributed by atoms with Crippen molar-refractivity contribution in [3.63, 3.8) is 0 Å². The van der Waals surface area contributed by atoms with Crippen LogP contribution in [0.15, 0.2) is 35.8 Å². The molecule has 0 radical (unpaired) electrons. The van der Waals surface area contributed by atoms with Crippen LogP contribution < -0.4 is 5.32 Å². The van der Waals surface area contributed by atoms with E-state index in [1.54, 1.807) is 11.1 Å². The topological polar surface area (TPSA) is 62.3 Å². The van der Waals surface area contributed by atoms with Crippen LogP contribution in [-0.4, -0.2) is 28.2 Å². The molecule has 0 aliphatic carbocycles. The molecule has 2 aromatic rings. The molecule has 6 heteroatoms. The number of nitrogens with one attached hydrogen (secondary N) is 1. The second-order valence-electron chi connectivity index (χ2n) is 4.84. The highest BCUT2D eigenvalue weighted by Gasteiger charge is 2.26. The van der Waals surface area contributed by atoms with Gasteiger partial charge in [-0.25, -0.2) is 4.98 Å². The Morgan fingerprint density at radius 1 is 1.38 bits per heavy atom. The second kappa shape index (κ2) is 6.05. The number of hydrogen-bond acceptors (Lipinski definition) is 4. The van der Waals surface area contributed by atoms with E-state index in [0.29, 0.717) is 26.1 Å². The van der Waals surface area contributed by atoms with E-state index < -0.39 is 0 Å². The first-order chi connectivity index (χ1) is 10.2. The Morgan fingerprint density at radius 2 is 2.24 bits per heavy atom. The molecule has 1 N–H and O–H groups in total. The van der Waals surface area contributed by atoms with Crippen molar-refractivity contribution in [2.75, 3.05) is 6.54 Å². The molecule has 0 atom stereocenters. The van der Waals surface area contributed by atoms with Gasteiger partial charge in [0.2, 0.25) is 5.91 Å². The Bertz CT molecular complexity index is 655. The van der Waals surface area contributed by atoms with E-state index in [0.717, 1.165) is 16.1 Å². The Kier molecular flexibility index (Phi) is 3.96. The lowest BCUT2D eigenvalue weighted by Crippen LogP contribution is -2.30. The summed E-state index contributed by atoms with van der Waals surface area (Å²) in [4.78, 5) is 29.8. The van der Waals surface area contributed by atoms with Gasteiger partial charge in [-0.05, 0) is 11.6 Å². The van der Waals surface area contributed by atoms with Gasteiger partial charge in [0.15, 0.2) is 0 Å². The summed E-state index contributed by atoms with van der Waals surface area (Å²) in [7, 11) is 0. The number of thiazole rings is 1. The molecule has 0 fully saturated rings. The first-order valence-corrected chi connectivity index (χ1v) is 7.64. The molecule has 3 rings (SSSR count). The van der Waals surface area contributed by atoms with E-state index in [-0.39, 0.29) is 11.8 Å². The van der Waals surface area contributed by atoms with E-state index in [2.05, 4.69) is 10.3 Å². The molecule has 1 aliphatic rings. The van der Waals surface area contributed by atoms with Gasteiger partial charge in [0, 0.05) is 36.7 Å². The smallest absolute Gasteiger partial charge is 0.254 e. The number of fused-ring (bicyclic) bond motifs is 1. The van der Waals surface area contributed by atoms with Crippen LogP contribution >= 0.6 is 11.3 Å². The molecule has 0 bridgehead atoms. The SMILES string of the molecule is O=C(CCN1Cc2ccccc2C1=O)NCc1nccs1. The summed E-state index contributed by atoms with van der Waals surface area (Å²) in [6, 6.07) is 7.58. The number of rotatable bonds is 5. The zero-order valence-electron chi connectivity index (χ0n) is 11.4. The maximum absolute atomic E-state index is 12.1. The van der Waals surface area contributed by atoms with Gasteiger partial charge in [0.25, 0.3) is 5.91 Å². The summed E-state index contributed by atoms with van der Waals surface area (Å²) in [5.74, 6) is -0.0488. The number of amides is 2. The summed E-state index contributed by atoms with van der Waals surface area (Å²) in [6.45, 7) is 1.48. The molecule has 2 heterocycles. The van der Waals surface area contributed by atoms with E-state index in [1.807, 2.05) is 29.6 Å². The molecule has 108 valence electrons. The van der Waals surface area contributed by atoms with Crippen molar-refractivity contribution in [2.24, 2.45) is 0 Å². The van der Waals surface area contributed by atoms with Crippen molar-refractivity contribution in [3.05, 3.63) is 52.0 Å². The third kappa shape index (κ3) is 3.11. The van der Waals surface area contributed by atoms with Crippen molar-refractivity contribution in [3.8, 4) is 0 Å². The highest BCUT2D eigenvalue weighted by Crippen LogP contribution is 2.22. The average molecular weight is 301 g/mol. The van der Waals surface area contributed by atoms with E-state index in [4.69, 9.17) is 0 Å². The van der Waals surface area contributed by atoms with Gasteiger partial charge in [0.05, 0.1) is 6.54 Å². The van der Waals surface area contributed by atoms with Crippen LogP contribution in [0.25, 0.3) is 0 Å². The maximum Gasteiger partial charge on any atom is 0.254 e. The molecule has 1 aromatic heterocycles. The second-order valence-corrected chi connectivity index (χ2v) is 5.82. The van der Waals surface area contributed by atoms with Gasteiger partial charge < -0.3 is 10.2 Å². The molecule has 0 saturated heterocycles. The molecular weight excluding hydrogens is 286 g/mol. The van der Waals surface area contributed by atoms with Crippen LogP contribution in [0.5, 0.6) is 0 Å². The molecule has 0 saturated carbocycles. The van der Waals surface area contributed by atoms with Gasteiger partial charge in [-0.15, -0.1) is 11.3 Å². The van der Waals surface area contributed by atoms with Gasteiger partial charge >= 0.3 is 0 Å². The van der Waals surface area contributed by atoms with Crippen LogP contribution in [0.3, 0.4) is 0 Å². The Labute approximate surface area is 126 Å². The summed E-state index contributed by atoms with van der Waals surface area (Å²) in [6.07, 6.45) is 2.03. The summed E-state index contributed by atoms with van der Waals surface area (Å²) < 4.78 is 0. The Hall–Kier alpha value is -2.21. The number of hydrogen-bond donors (Lipinski definition) is 1. The first-order valence-electron chi connectivity index (χ1n) is 6.76. The first kappa shape index (κ1) is 13.8. The molecule has 2 amide bonds. The van der Waals surface area contributed by atoms with Crippen LogP contribution in [0.1, 0.15) is 27.3 Å². The lowest BCUT2D eigenvalue weighted by molar-refractivity contribution is -0.121. The van der Waals surface area contributed by atoms with Crippen molar-refractivity contribution in [1.82, 2.24) is 15.2 Å². The number of carbonyl (C=O) groups is 2. The maximum atomic E-state index is 12.1. The molecule has 1 aromatic carbocycles. The van der Waals surface area contributed by atoms with Crippen LogP contribution in [0.2, 0.25) is 0 Å². The van der Waals surface area contributed by atoms with Crippen molar-refractivity contribution >= 4 is 23.2 Å². The van der Waals surface area contributed by atoms with Gasteiger partial charge in [0.1, 0.15) is 5.01 Å². The number of nitrogens with zero attached hydrogens (tertiary/aromatic N) is 2. The zero-order valence-corrected chi connectivity index (χ0v) is 12.2. The van der Waals surface area contributed by atoms with E-state index in [1.165, 1.54) is 11.3 Å². The lowest BCUT2D eigenvalue weighted by Gasteiger charge is -2.15. The molecular formula is C15H15N3O2S. The molecule has 0 spiro atoms. The fourth-order valence-corrected chi connectivity index (χ4v) is 2.89. The lowest BCUT2D eigenvalue weighted by atomic mass is 10.1. The van der Waals surface area contributed by atoms with Gasteiger partial charge in [-0.3, -0.25) is 9.59 Å². The largest absolute Gasteiger partial charge is 0.350 e. The third-order valence-electron chi connectivity index (χ3n) is 3.43. The van der Waals surface area contributed by atoms with E-state index in [9.17, 15) is 9.59 Å². The zero-order chi connectivity index (χ0) is 14.7. The highest BCUT2D eigenvalue weighted by atomic mass is 32.1. The fraction of sp³-hybridized carbons (Fsp3) is 0.267. The van der Waals surface area contributed by atoms with Crippen LogP contribution in [0.4, 0.5) is 0 Å². The summed E-state index contributed by atoms with van der Waals surface area (Å²) in [5.41, 5.74) is 1.78. The summed E-state index contributed by atoms with van der Waals surface area (Å²) in [5, 5.41) is 5.58. The van der Waals surface area contributed by atoms with Crippen molar-refractivity contribution < 1.29 is 9.59 Å². The van der Waals surface area contributed by atoms with Crippen LogP contribution in [-0.2, 0) is 17.9 Å². The molecule has 5 nitrogen and oxygen atoms in total. The monoisotopic (exact) mass is 301 g/mol. The third-order valence-corrected chi connectivity index (χ3v) is 4.20. The van der Waals surface area contributed by atoms with Crippen molar-refractivity contribution in [2.45, 2.75) is 19.5 Å². The Balaban J connectivity index is 1.48. The van der Waals surface area contributed by atoms with Gasteiger partial charge in [-0.2, -0.15) is 0 Å².